The summed E-state index contributed by atoms with van der Waals surface area (Å²) in [6, 6.07) is 9.60. The number of carbonyl (C=O) groups excluding carboxylic acids is 1. The molecule has 0 saturated heterocycles. The van der Waals surface area contributed by atoms with Crippen molar-refractivity contribution in [1.82, 2.24) is 0 Å². The molecule has 0 heterocycles. The van der Waals surface area contributed by atoms with E-state index in [9.17, 15) is 9.18 Å². The molecule has 0 aliphatic carbocycles. The highest BCUT2D eigenvalue weighted by Gasteiger charge is 2.12. The van der Waals surface area contributed by atoms with Gasteiger partial charge in [0.25, 0.3) is 0 Å². The molecule has 0 bridgehead atoms. The molecule has 2 aromatic carbocycles. The summed E-state index contributed by atoms with van der Waals surface area (Å²) in [4.78, 5) is 16.0. The second kappa shape index (κ2) is 6.31. The molecule has 0 atom stereocenters. The van der Waals surface area contributed by atoms with Gasteiger partial charge in [0.2, 0.25) is 0 Å². The molecule has 0 aliphatic heterocycles. The first kappa shape index (κ1) is 14.9. The molecule has 0 unspecified atom stereocenters. The minimum atomic E-state index is -0.418. The van der Waals surface area contributed by atoms with Crippen molar-refractivity contribution in [2.24, 2.45) is 4.99 Å². The molecule has 0 N–H and O–H groups in total. The first-order valence-electron chi connectivity index (χ1n) is 6.50. The molecule has 0 saturated carbocycles. The van der Waals surface area contributed by atoms with Crippen LogP contribution in [0, 0.1) is 19.7 Å². The molecule has 0 aliphatic rings. The molecule has 4 heteroatoms. The Bertz CT molecular complexity index is 708. The number of rotatable bonds is 3. The number of hydrogen-bond acceptors (Lipinski definition) is 3. The van der Waals surface area contributed by atoms with E-state index in [1.54, 1.807) is 24.4 Å². The Balaban J connectivity index is 2.43. The van der Waals surface area contributed by atoms with E-state index in [4.69, 9.17) is 4.74 Å². The van der Waals surface area contributed by atoms with Crippen molar-refractivity contribution in [1.29, 1.82) is 0 Å². The smallest absolute Gasteiger partial charge is 0.338 e. The van der Waals surface area contributed by atoms with Crippen molar-refractivity contribution < 1.29 is 13.9 Å². The maximum absolute atomic E-state index is 13.1. The molecular formula is C17H16FNO2. The predicted octanol–water partition coefficient (Wildman–Crippen LogP) is 3.98. The van der Waals surface area contributed by atoms with E-state index < -0.39 is 5.97 Å². The van der Waals surface area contributed by atoms with Gasteiger partial charge in [-0.1, -0.05) is 6.07 Å². The van der Waals surface area contributed by atoms with E-state index in [-0.39, 0.29) is 5.82 Å². The molecule has 108 valence electrons. The van der Waals surface area contributed by atoms with Crippen LogP contribution in [0.4, 0.5) is 10.1 Å². The van der Waals surface area contributed by atoms with E-state index in [0.717, 1.165) is 11.1 Å². The van der Waals surface area contributed by atoms with E-state index in [0.29, 0.717) is 16.8 Å². The lowest BCUT2D eigenvalue weighted by molar-refractivity contribution is 0.0600. The zero-order valence-electron chi connectivity index (χ0n) is 12.2. The fourth-order valence-corrected chi connectivity index (χ4v) is 1.93. The van der Waals surface area contributed by atoms with E-state index in [2.05, 4.69) is 4.99 Å². The van der Waals surface area contributed by atoms with E-state index in [1.165, 1.54) is 19.2 Å². The Kier molecular flexibility index (Phi) is 4.48. The largest absolute Gasteiger partial charge is 0.465 e. The van der Waals surface area contributed by atoms with Crippen molar-refractivity contribution >= 4 is 17.9 Å². The van der Waals surface area contributed by atoms with Crippen LogP contribution < -0.4 is 0 Å². The van der Waals surface area contributed by atoms with Crippen LogP contribution in [0.3, 0.4) is 0 Å². The number of hydrogen-bond donors (Lipinski definition) is 0. The molecule has 21 heavy (non-hydrogen) atoms. The number of aryl methyl sites for hydroxylation is 2. The first-order chi connectivity index (χ1) is 10.0. The zero-order valence-corrected chi connectivity index (χ0v) is 12.2. The molecule has 0 fully saturated rings. The lowest BCUT2D eigenvalue weighted by Crippen LogP contribution is -2.06. The first-order valence-corrected chi connectivity index (χ1v) is 6.50. The van der Waals surface area contributed by atoms with Crippen molar-refractivity contribution in [3.63, 3.8) is 0 Å². The van der Waals surface area contributed by atoms with Crippen LogP contribution >= 0.6 is 0 Å². The topological polar surface area (TPSA) is 38.7 Å². The Morgan fingerprint density at radius 2 is 1.90 bits per heavy atom. The van der Waals surface area contributed by atoms with Gasteiger partial charge in [0.05, 0.1) is 18.4 Å². The van der Waals surface area contributed by atoms with Crippen LogP contribution in [0.5, 0.6) is 0 Å². The third-order valence-corrected chi connectivity index (χ3v) is 3.23. The zero-order chi connectivity index (χ0) is 15.4. The second-order valence-corrected chi connectivity index (χ2v) is 4.75. The average molecular weight is 285 g/mol. The Labute approximate surface area is 123 Å². The maximum atomic E-state index is 13.1. The highest BCUT2D eigenvalue weighted by molar-refractivity contribution is 6.00. The monoisotopic (exact) mass is 285 g/mol. The van der Waals surface area contributed by atoms with Gasteiger partial charge in [0, 0.05) is 11.8 Å². The summed E-state index contributed by atoms with van der Waals surface area (Å²) in [5.41, 5.74) is 3.63. The minimum Gasteiger partial charge on any atom is -0.465 e. The van der Waals surface area contributed by atoms with Gasteiger partial charge >= 0.3 is 5.97 Å². The van der Waals surface area contributed by atoms with Gasteiger partial charge in [-0.15, -0.1) is 0 Å². The van der Waals surface area contributed by atoms with Gasteiger partial charge in [0.1, 0.15) is 5.82 Å². The number of ether oxygens (including phenoxy) is 1. The number of benzene rings is 2. The summed E-state index contributed by atoms with van der Waals surface area (Å²) in [5.74, 6) is -0.767. The second-order valence-electron chi connectivity index (χ2n) is 4.75. The summed E-state index contributed by atoms with van der Waals surface area (Å²) in [6.07, 6.45) is 1.55. The average Bonchev–Trinajstić information content (AvgIpc) is 2.47. The summed E-state index contributed by atoms with van der Waals surface area (Å²) in [6.45, 7) is 3.88. The number of esters is 1. The number of nitrogens with zero attached hydrogens (tertiary/aromatic N) is 1. The van der Waals surface area contributed by atoms with Crippen molar-refractivity contribution in [3.05, 3.63) is 64.5 Å². The molecule has 0 amide bonds. The van der Waals surface area contributed by atoms with E-state index in [1.807, 2.05) is 19.9 Å². The highest BCUT2D eigenvalue weighted by Crippen LogP contribution is 2.18. The standard InChI is InChI=1S/C17H16FNO2/c1-11-7-13(16(8-12(11)2)17(20)21-3)10-19-15-6-4-5-14(18)9-15/h4-10H,1-3H3. The minimum absolute atomic E-state index is 0.349. The summed E-state index contributed by atoms with van der Waals surface area (Å²) in [7, 11) is 1.34. The van der Waals surface area contributed by atoms with Gasteiger partial charge in [-0.05, 0) is 55.3 Å². The number of methoxy groups -OCH3 is 1. The third kappa shape index (κ3) is 3.54. The highest BCUT2D eigenvalue weighted by atomic mass is 19.1. The molecule has 2 rings (SSSR count). The van der Waals surface area contributed by atoms with Crippen LogP contribution in [0.15, 0.2) is 41.4 Å². The molecule has 0 aromatic heterocycles. The fourth-order valence-electron chi connectivity index (χ4n) is 1.93. The summed E-state index contributed by atoms with van der Waals surface area (Å²) >= 11 is 0. The van der Waals surface area contributed by atoms with Gasteiger partial charge in [-0.25, -0.2) is 9.18 Å². The lowest BCUT2D eigenvalue weighted by atomic mass is 10.0. The fraction of sp³-hybridized carbons (Fsp3) is 0.176. The predicted molar refractivity (Wildman–Crippen MR) is 80.9 cm³/mol. The SMILES string of the molecule is COC(=O)c1cc(C)c(C)cc1C=Nc1cccc(F)c1. The van der Waals surface area contributed by atoms with E-state index >= 15 is 0 Å². The molecular weight excluding hydrogens is 269 g/mol. The summed E-state index contributed by atoms with van der Waals surface area (Å²) in [5, 5.41) is 0. The van der Waals surface area contributed by atoms with Crippen LogP contribution in [-0.4, -0.2) is 19.3 Å². The maximum Gasteiger partial charge on any atom is 0.338 e. The summed E-state index contributed by atoms with van der Waals surface area (Å²) < 4.78 is 17.9. The van der Waals surface area contributed by atoms with Gasteiger partial charge in [-0.3, -0.25) is 4.99 Å². The number of halogens is 1. The van der Waals surface area contributed by atoms with Crippen molar-refractivity contribution in [2.45, 2.75) is 13.8 Å². The lowest BCUT2D eigenvalue weighted by Gasteiger charge is -2.08. The van der Waals surface area contributed by atoms with Crippen molar-refractivity contribution in [2.75, 3.05) is 7.11 Å². The Morgan fingerprint density at radius 1 is 1.19 bits per heavy atom. The van der Waals surface area contributed by atoms with Crippen LogP contribution in [0.1, 0.15) is 27.0 Å². The van der Waals surface area contributed by atoms with Crippen LogP contribution in [0.2, 0.25) is 0 Å². The Morgan fingerprint density at radius 3 is 2.57 bits per heavy atom. The quantitative estimate of drug-likeness (QED) is 0.632. The molecule has 0 radical (unpaired) electrons. The molecule has 2 aromatic rings. The Hall–Kier alpha value is -2.49. The normalized spacial score (nSPS) is 10.9. The molecule has 3 nitrogen and oxygen atoms in total. The van der Waals surface area contributed by atoms with Gasteiger partial charge in [-0.2, -0.15) is 0 Å². The van der Waals surface area contributed by atoms with Crippen molar-refractivity contribution in [3.8, 4) is 0 Å². The van der Waals surface area contributed by atoms with Crippen LogP contribution in [0.25, 0.3) is 0 Å². The van der Waals surface area contributed by atoms with Crippen LogP contribution in [-0.2, 0) is 4.74 Å². The van der Waals surface area contributed by atoms with Gasteiger partial charge < -0.3 is 4.74 Å². The number of carbonyl (C=O) groups is 1. The van der Waals surface area contributed by atoms with Gasteiger partial charge in [0.15, 0.2) is 0 Å². The number of aliphatic imine (C=N–C) groups is 1. The third-order valence-electron chi connectivity index (χ3n) is 3.23. The molecule has 0 spiro atoms.